The second kappa shape index (κ2) is 5.98. The zero-order valence-corrected chi connectivity index (χ0v) is 13.3. The van der Waals surface area contributed by atoms with Crippen molar-refractivity contribution >= 4 is 34.1 Å². The van der Waals surface area contributed by atoms with Crippen molar-refractivity contribution in [2.45, 2.75) is 6.92 Å². The number of hydrogen-bond donors (Lipinski definition) is 0. The monoisotopic (exact) mass is 299 g/mol. The summed E-state index contributed by atoms with van der Waals surface area (Å²) in [4.78, 5) is 3.78. The SMILES string of the molecule is CSC1=C(c2ccc(C)cc2)SCN1c1ccccc1. The summed E-state index contributed by atoms with van der Waals surface area (Å²) in [7, 11) is 0. The van der Waals surface area contributed by atoms with Gasteiger partial charge in [0, 0.05) is 10.6 Å². The third-order valence-corrected chi connectivity index (χ3v) is 5.40. The van der Waals surface area contributed by atoms with Gasteiger partial charge in [-0.1, -0.05) is 48.0 Å². The molecule has 3 heteroatoms. The molecule has 0 fully saturated rings. The third-order valence-electron chi connectivity index (χ3n) is 3.35. The average Bonchev–Trinajstić information content (AvgIpc) is 2.93. The van der Waals surface area contributed by atoms with Crippen LogP contribution in [-0.2, 0) is 0 Å². The first-order valence-corrected chi connectivity index (χ1v) is 8.81. The van der Waals surface area contributed by atoms with Gasteiger partial charge < -0.3 is 4.90 Å². The highest BCUT2D eigenvalue weighted by Crippen LogP contribution is 2.45. The van der Waals surface area contributed by atoms with Gasteiger partial charge in [0.05, 0.1) is 10.9 Å². The van der Waals surface area contributed by atoms with E-state index in [0.717, 1.165) is 5.88 Å². The summed E-state index contributed by atoms with van der Waals surface area (Å²) in [6.45, 7) is 2.13. The predicted molar refractivity (Wildman–Crippen MR) is 93.0 cm³/mol. The largest absolute Gasteiger partial charge is 0.325 e. The van der Waals surface area contributed by atoms with Crippen molar-refractivity contribution in [3.8, 4) is 0 Å². The minimum Gasteiger partial charge on any atom is -0.325 e. The third kappa shape index (κ3) is 2.60. The highest BCUT2D eigenvalue weighted by molar-refractivity contribution is 8.11. The van der Waals surface area contributed by atoms with Crippen LogP contribution in [-0.4, -0.2) is 12.1 Å². The second-order valence-electron chi connectivity index (χ2n) is 4.74. The molecule has 0 saturated heterocycles. The number of nitrogens with zero attached hydrogens (tertiary/aromatic N) is 1. The Morgan fingerprint density at radius 1 is 1.00 bits per heavy atom. The molecule has 1 nitrogen and oxygen atoms in total. The Morgan fingerprint density at radius 3 is 2.35 bits per heavy atom. The normalized spacial score (nSPS) is 15.0. The van der Waals surface area contributed by atoms with Crippen molar-refractivity contribution in [1.82, 2.24) is 0 Å². The Balaban J connectivity index is 1.99. The van der Waals surface area contributed by atoms with E-state index in [0.29, 0.717) is 0 Å². The van der Waals surface area contributed by atoms with Crippen molar-refractivity contribution in [3.63, 3.8) is 0 Å². The molecule has 1 heterocycles. The van der Waals surface area contributed by atoms with Crippen LogP contribution in [0.5, 0.6) is 0 Å². The van der Waals surface area contributed by atoms with Crippen molar-refractivity contribution in [2.75, 3.05) is 17.0 Å². The summed E-state index contributed by atoms with van der Waals surface area (Å²) in [6.07, 6.45) is 2.16. The molecule has 2 aromatic rings. The first kappa shape index (κ1) is 13.7. The molecule has 0 atom stereocenters. The summed E-state index contributed by atoms with van der Waals surface area (Å²) in [5.41, 5.74) is 3.90. The lowest BCUT2D eigenvalue weighted by atomic mass is 10.1. The zero-order chi connectivity index (χ0) is 13.9. The molecule has 0 unspecified atom stereocenters. The van der Waals surface area contributed by atoms with Crippen LogP contribution < -0.4 is 4.90 Å². The lowest BCUT2D eigenvalue weighted by molar-refractivity contribution is 1.17. The molecule has 1 aliphatic heterocycles. The fourth-order valence-corrected chi connectivity index (χ4v) is 4.56. The number of para-hydroxylation sites is 1. The second-order valence-corrected chi connectivity index (χ2v) is 6.49. The highest BCUT2D eigenvalue weighted by atomic mass is 32.2. The molecule has 102 valence electrons. The molecule has 0 bridgehead atoms. The van der Waals surface area contributed by atoms with Crippen molar-refractivity contribution in [3.05, 3.63) is 70.8 Å². The molecule has 0 aromatic heterocycles. The van der Waals surface area contributed by atoms with Crippen LogP contribution in [0.4, 0.5) is 5.69 Å². The number of benzene rings is 2. The molecule has 0 aliphatic carbocycles. The van der Waals surface area contributed by atoms with Crippen molar-refractivity contribution in [1.29, 1.82) is 0 Å². The Labute approximate surface area is 129 Å². The van der Waals surface area contributed by atoms with E-state index in [1.165, 1.54) is 26.7 Å². The molecular weight excluding hydrogens is 282 g/mol. The predicted octanol–water partition coefficient (Wildman–Crippen LogP) is 5.20. The molecule has 0 N–H and O–H groups in total. The van der Waals surface area contributed by atoms with E-state index in [1.54, 1.807) is 0 Å². The van der Waals surface area contributed by atoms with Crippen molar-refractivity contribution in [2.24, 2.45) is 0 Å². The van der Waals surface area contributed by atoms with Crippen LogP contribution >= 0.6 is 23.5 Å². The molecule has 0 amide bonds. The maximum Gasteiger partial charge on any atom is 0.0902 e. The van der Waals surface area contributed by atoms with Crippen LogP contribution in [0.3, 0.4) is 0 Å². The summed E-state index contributed by atoms with van der Waals surface area (Å²) in [5, 5.41) is 1.35. The Morgan fingerprint density at radius 2 is 1.70 bits per heavy atom. The van der Waals surface area contributed by atoms with Gasteiger partial charge in [-0.2, -0.15) is 0 Å². The summed E-state index contributed by atoms with van der Waals surface area (Å²) < 4.78 is 0. The molecule has 1 aliphatic rings. The number of rotatable bonds is 3. The zero-order valence-electron chi connectivity index (χ0n) is 11.7. The van der Waals surface area contributed by atoms with Gasteiger partial charge in [-0.3, -0.25) is 0 Å². The quantitative estimate of drug-likeness (QED) is 0.767. The van der Waals surface area contributed by atoms with Crippen LogP contribution in [0, 0.1) is 6.92 Å². The smallest absolute Gasteiger partial charge is 0.0902 e. The van der Waals surface area contributed by atoms with E-state index in [1.807, 2.05) is 23.5 Å². The van der Waals surface area contributed by atoms with E-state index in [4.69, 9.17) is 0 Å². The van der Waals surface area contributed by atoms with E-state index < -0.39 is 0 Å². The Kier molecular flexibility index (Phi) is 4.08. The summed E-state index contributed by atoms with van der Waals surface area (Å²) in [6, 6.07) is 19.4. The lowest BCUT2D eigenvalue weighted by Gasteiger charge is -2.20. The molecule has 2 aromatic carbocycles. The van der Waals surface area contributed by atoms with Gasteiger partial charge in [-0.25, -0.2) is 0 Å². The van der Waals surface area contributed by atoms with Crippen LogP contribution in [0.25, 0.3) is 4.91 Å². The van der Waals surface area contributed by atoms with Crippen LogP contribution in [0.15, 0.2) is 59.6 Å². The maximum absolute atomic E-state index is 2.39. The van der Waals surface area contributed by atoms with Gasteiger partial charge in [-0.15, -0.1) is 23.5 Å². The first-order valence-electron chi connectivity index (χ1n) is 6.60. The maximum atomic E-state index is 2.39. The standard InChI is InChI=1S/C17H17NS2/c1-13-8-10-14(11-9-13)16-17(19-2)18(12-20-16)15-6-4-3-5-7-15/h3-11H,12H2,1-2H3. The van der Waals surface area contributed by atoms with Gasteiger partial charge in [-0.05, 0) is 30.9 Å². The fourth-order valence-electron chi connectivity index (χ4n) is 2.29. The molecule has 3 rings (SSSR count). The highest BCUT2D eigenvalue weighted by Gasteiger charge is 2.24. The molecule has 20 heavy (non-hydrogen) atoms. The van der Waals surface area contributed by atoms with Gasteiger partial charge >= 0.3 is 0 Å². The van der Waals surface area contributed by atoms with Crippen LogP contribution in [0.1, 0.15) is 11.1 Å². The van der Waals surface area contributed by atoms with E-state index >= 15 is 0 Å². The van der Waals surface area contributed by atoms with Gasteiger partial charge in [0.1, 0.15) is 0 Å². The van der Waals surface area contributed by atoms with E-state index in [9.17, 15) is 0 Å². The van der Waals surface area contributed by atoms with E-state index in [-0.39, 0.29) is 0 Å². The Bertz CT molecular complexity index is 617. The molecule has 0 saturated carbocycles. The fraction of sp³-hybridized carbons (Fsp3) is 0.176. The number of hydrogen-bond acceptors (Lipinski definition) is 3. The molecular formula is C17H17NS2. The number of thioether (sulfide) groups is 2. The minimum atomic E-state index is 0.989. The first-order chi connectivity index (χ1) is 9.79. The van der Waals surface area contributed by atoms with E-state index in [2.05, 4.69) is 72.7 Å². The van der Waals surface area contributed by atoms with Crippen LogP contribution in [0.2, 0.25) is 0 Å². The van der Waals surface area contributed by atoms with Gasteiger partial charge in [0.2, 0.25) is 0 Å². The minimum absolute atomic E-state index is 0.989. The molecule has 0 radical (unpaired) electrons. The topological polar surface area (TPSA) is 3.24 Å². The Hall–Kier alpha value is -1.32. The van der Waals surface area contributed by atoms with Gasteiger partial charge in [0.25, 0.3) is 0 Å². The van der Waals surface area contributed by atoms with Gasteiger partial charge in [0.15, 0.2) is 0 Å². The lowest BCUT2D eigenvalue weighted by Crippen LogP contribution is -2.15. The molecule has 0 spiro atoms. The number of anilines is 1. The summed E-state index contributed by atoms with van der Waals surface area (Å²) >= 11 is 3.75. The average molecular weight is 299 g/mol. The summed E-state index contributed by atoms with van der Waals surface area (Å²) in [5.74, 6) is 0.989. The number of aryl methyl sites for hydroxylation is 1. The van der Waals surface area contributed by atoms with Crippen molar-refractivity contribution < 1.29 is 0 Å².